The van der Waals surface area contributed by atoms with Gasteiger partial charge in [-0.1, -0.05) is 47.5 Å². The smallest absolute Gasteiger partial charge is 0.0985 e. The third-order valence-electron chi connectivity index (χ3n) is 2.86. The van der Waals surface area contributed by atoms with E-state index in [1.165, 1.54) is 0 Å². The van der Waals surface area contributed by atoms with E-state index in [9.17, 15) is 0 Å². The quantitative estimate of drug-likeness (QED) is 0.703. The molecule has 0 aliphatic rings. The van der Waals surface area contributed by atoms with E-state index >= 15 is 0 Å². The minimum absolute atomic E-state index is 0.0608. The third-order valence-corrected chi connectivity index (χ3v) is 3.58. The van der Waals surface area contributed by atoms with E-state index in [0.717, 1.165) is 29.5 Å². The van der Waals surface area contributed by atoms with Gasteiger partial charge < -0.3 is 15.2 Å². The Kier molecular flexibility index (Phi) is 8.30. The summed E-state index contributed by atoms with van der Waals surface area (Å²) in [6, 6.07) is 7.97. The molecule has 0 amide bonds. The number of hydrogen-bond acceptors (Lipinski definition) is 3. The van der Waals surface area contributed by atoms with Crippen LogP contribution in [0.15, 0.2) is 28.7 Å². The van der Waals surface area contributed by atoms with Crippen LogP contribution in [0.1, 0.15) is 38.4 Å². The van der Waals surface area contributed by atoms with E-state index in [2.05, 4.69) is 22.9 Å². The molecule has 0 aliphatic heterocycles. The van der Waals surface area contributed by atoms with Crippen LogP contribution in [0.2, 0.25) is 0 Å². The zero-order valence-corrected chi connectivity index (χ0v) is 13.4. The second-order valence-corrected chi connectivity index (χ2v) is 5.49. The van der Waals surface area contributed by atoms with Gasteiger partial charge in [0, 0.05) is 17.1 Å². The SMILES string of the molecule is CCCCOCCOC(c1ccccc1Br)C(C)N. The summed E-state index contributed by atoms with van der Waals surface area (Å²) in [6.45, 7) is 6.10. The molecule has 0 bridgehead atoms. The molecular formula is C15H24BrNO2. The first-order valence-corrected chi connectivity index (χ1v) is 7.65. The molecule has 0 fully saturated rings. The van der Waals surface area contributed by atoms with Gasteiger partial charge in [-0.15, -0.1) is 0 Å². The summed E-state index contributed by atoms with van der Waals surface area (Å²) in [5.74, 6) is 0. The van der Waals surface area contributed by atoms with Crippen LogP contribution in [0.5, 0.6) is 0 Å². The van der Waals surface area contributed by atoms with Crippen LogP contribution in [0.4, 0.5) is 0 Å². The number of nitrogens with two attached hydrogens (primary N) is 1. The highest BCUT2D eigenvalue weighted by molar-refractivity contribution is 9.10. The van der Waals surface area contributed by atoms with Crippen molar-refractivity contribution in [1.29, 1.82) is 0 Å². The molecule has 0 saturated carbocycles. The highest BCUT2D eigenvalue weighted by Crippen LogP contribution is 2.27. The molecule has 108 valence electrons. The normalized spacial score (nSPS) is 14.3. The van der Waals surface area contributed by atoms with E-state index < -0.39 is 0 Å². The first-order valence-electron chi connectivity index (χ1n) is 6.86. The van der Waals surface area contributed by atoms with Crippen LogP contribution in [-0.4, -0.2) is 25.9 Å². The highest BCUT2D eigenvalue weighted by atomic mass is 79.9. The van der Waals surface area contributed by atoms with Crippen LogP contribution in [0.3, 0.4) is 0 Å². The molecule has 0 aromatic heterocycles. The Hall–Kier alpha value is -0.420. The molecule has 0 saturated heterocycles. The summed E-state index contributed by atoms with van der Waals surface area (Å²) in [4.78, 5) is 0. The molecule has 0 radical (unpaired) electrons. The van der Waals surface area contributed by atoms with Crippen LogP contribution in [0, 0.1) is 0 Å². The number of hydrogen-bond donors (Lipinski definition) is 1. The lowest BCUT2D eigenvalue weighted by Crippen LogP contribution is -2.28. The van der Waals surface area contributed by atoms with Crippen molar-refractivity contribution in [3.8, 4) is 0 Å². The maximum Gasteiger partial charge on any atom is 0.0985 e. The summed E-state index contributed by atoms with van der Waals surface area (Å²) in [6.07, 6.45) is 2.15. The molecule has 0 heterocycles. The molecule has 1 aromatic carbocycles. The Morgan fingerprint density at radius 1 is 1.21 bits per heavy atom. The predicted molar refractivity (Wildman–Crippen MR) is 82.2 cm³/mol. The van der Waals surface area contributed by atoms with Crippen molar-refractivity contribution in [1.82, 2.24) is 0 Å². The van der Waals surface area contributed by atoms with Crippen LogP contribution in [0.25, 0.3) is 0 Å². The van der Waals surface area contributed by atoms with Gasteiger partial charge in [0.15, 0.2) is 0 Å². The molecule has 4 heteroatoms. The Morgan fingerprint density at radius 2 is 1.95 bits per heavy atom. The Labute approximate surface area is 124 Å². The first kappa shape index (κ1) is 16.6. The van der Waals surface area contributed by atoms with Gasteiger partial charge in [-0.05, 0) is 25.0 Å². The molecule has 2 atom stereocenters. The maximum absolute atomic E-state index is 6.01. The van der Waals surface area contributed by atoms with Gasteiger partial charge in [0.1, 0.15) is 0 Å². The molecule has 0 spiro atoms. The second-order valence-electron chi connectivity index (χ2n) is 4.64. The van der Waals surface area contributed by atoms with Gasteiger partial charge in [0.2, 0.25) is 0 Å². The molecule has 1 rings (SSSR count). The van der Waals surface area contributed by atoms with E-state index in [0.29, 0.717) is 13.2 Å². The topological polar surface area (TPSA) is 44.5 Å². The van der Waals surface area contributed by atoms with Crippen molar-refractivity contribution >= 4 is 15.9 Å². The lowest BCUT2D eigenvalue weighted by Gasteiger charge is -2.23. The van der Waals surface area contributed by atoms with Gasteiger partial charge in [0.25, 0.3) is 0 Å². The van der Waals surface area contributed by atoms with Crippen LogP contribution >= 0.6 is 15.9 Å². The highest BCUT2D eigenvalue weighted by Gasteiger charge is 2.18. The summed E-state index contributed by atoms with van der Waals surface area (Å²) >= 11 is 3.54. The largest absolute Gasteiger partial charge is 0.379 e. The molecule has 2 N–H and O–H groups in total. The van der Waals surface area contributed by atoms with Gasteiger partial charge in [-0.3, -0.25) is 0 Å². The number of halogens is 1. The number of unbranched alkanes of at least 4 members (excludes halogenated alkanes) is 1. The first-order chi connectivity index (χ1) is 9.16. The van der Waals surface area contributed by atoms with Crippen molar-refractivity contribution < 1.29 is 9.47 Å². The fourth-order valence-corrected chi connectivity index (χ4v) is 2.32. The monoisotopic (exact) mass is 329 g/mol. The summed E-state index contributed by atoms with van der Waals surface area (Å²) in [5, 5.41) is 0. The zero-order valence-electron chi connectivity index (χ0n) is 11.8. The average Bonchev–Trinajstić information content (AvgIpc) is 2.39. The summed E-state index contributed by atoms with van der Waals surface area (Å²) in [7, 11) is 0. The standard InChI is InChI=1S/C15H24BrNO2/c1-3-4-9-18-10-11-19-15(12(2)17)13-7-5-6-8-14(13)16/h5-8,12,15H,3-4,9-11,17H2,1-2H3. The minimum atomic E-state index is -0.106. The molecular weight excluding hydrogens is 306 g/mol. The van der Waals surface area contributed by atoms with E-state index in [4.69, 9.17) is 15.2 Å². The van der Waals surface area contributed by atoms with Gasteiger partial charge in [-0.25, -0.2) is 0 Å². The summed E-state index contributed by atoms with van der Waals surface area (Å²) in [5.41, 5.74) is 7.10. The second kappa shape index (κ2) is 9.48. The van der Waals surface area contributed by atoms with Crippen LogP contribution < -0.4 is 5.73 Å². The molecule has 0 aliphatic carbocycles. The fourth-order valence-electron chi connectivity index (χ4n) is 1.81. The fraction of sp³-hybridized carbons (Fsp3) is 0.600. The van der Waals surface area contributed by atoms with Crippen molar-refractivity contribution in [3.05, 3.63) is 34.3 Å². The molecule has 19 heavy (non-hydrogen) atoms. The lowest BCUT2D eigenvalue weighted by molar-refractivity contribution is -0.00558. The molecule has 1 aromatic rings. The molecule has 3 nitrogen and oxygen atoms in total. The predicted octanol–water partition coefficient (Wildman–Crippen LogP) is 3.67. The van der Waals surface area contributed by atoms with E-state index in [1.54, 1.807) is 0 Å². The van der Waals surface area contributed by atoms with Crippen molar-refractivity contribution in [2.45, 2.75) is 38.8 Å². The van der Waals surface area contributed by atoms with Gasteiger partial charge in [0.05, 0.1) is 19.3 Å². The number of ether oxygens (including phenoxy) is 2. The van der Waals surface area contributed by atoms with Gasteiger partial charge >= 0.3 is 0 Å². The lowest BCUT2D eigenvalue weighted by atomic mass is 10.0. The van der Waals surface area contributed by atoms with Crippen LogP contribution in [-0.2, 0) is 9.47 Å². The number of rotatable bonds is 9. The van der Waals surface area contributed by atoms with Crippen molar-refractivity contribution in [2.75, 3.05) is 19.8 Å². The van der Waals surface area contributed by atoms with Crippen molar-refractivity contribution in [2.24, 2.45) is 5.73 Å². The Morgan fingerprint density at radius 3 is 2.58 bits per heavy atom. The third kappa shape index (κ3) is 6.04. The number of benzene rings is 1. The molecule has 2 unspecified atom stereocenters. The van der Waals surface area contributed by atoms with Gasteiger partial charge in [-0.2, -0.15) is 0 Å². The Balaban J connectivity index is 2.44. The van der Waals surface area contributed by atoms with Crippen molar-refractivity contribution in [3.63, 3.8) is 0 Å². The maximum atomic E-state index is 6.01. The van der Waals surface area contributed by atoms with E-state index in [-0.39, 0.29) is 12.1 Å². The van der Waals surface area contributed by atoms with E-state index in [1.807, 2.05) is 31.2 Å². The Bertz CT molecular complexity index is 358. The average molecular weight is 330 g/mol. The zero-order chi connectivity index (χ0) is 14.1. The minimum Gasteiger partial charge on any atom is -0.379 e. The summed E-state index contributed by atoms with van der Waals surface area (Å²) < 4.78 is 12.4.